The van der Waals surface area contributed by atoms with Crippen molar-refractivity contribution in [2.75, 3.05) is 54.1 Å². The summed E-state index contributed by atoms with van der Waals surface area (Å²) in [6.07, 6.45) is 0. The summed E-state index contributed by atoms with van der Waals surface area (Å²) in [5.41, 5.74) is -0.0174. The van der Waals surface area contributed by atoms with Crippen molar-refractivity contribution in [1.29, 1.82) is 0 Å². The molecule has 0 aliphatic carbocycles. The second-order valence-electron chi connectivity index (χ2n) is 3.93. The molecule has 0 radical (unpaired) electrons. The smallest absolute Gasteiger partial charge is 0.0782 e. The van der Waals surface area contributed by atoms with Crippen LogP contribution in [0, 0.1) is 0 Å². The summed E-state index contributed by atoms with van der Waals surface area (Å²) < 4.78 is 10.7. The van der Waals surface area contributed by atoms with Crippen LogP contribution in [-0.4, -0.2) is 64.6 Å². The highest BCUT2D eigenvalue weighted by Gasteiger charge is 2.32. The van der Waals surface area contributed by atoms with E-state index < -0.39 is 0 Å². The van der Waals surface area contributed by atoms with Crippen LogP contribution >= 0.6 is 0 Å². The van der Waals surface area contributed by atoms with E-state index in [9.17, 15) is 0 Å². The Labute approximate surface area is 80.2 Å². The minimum Gasteiger partial charge on any atom is -0.383 e. The van der Waals surface area contributed by atoms with Crippen LogP contribution in [0.25, 0.3) is 0 Å². The Morgan fingerprint density at radius 3 is 2.77 bits per heavy atom. The molecule has 78 valence electrons. The van der Waals surface area contributed by atoms with Gasteiger partial charge in [-0.15, -0.1) is 0 Å². The first-order valence-corrected chi connectivity index (χ1v) is 4.65. The Hall–Kier alpha value is -0.160. The Bertz CT molecular complexity index is 139. The number of ether oxygens (including phenoxy) is 2. The third kappa shape index (κ3) is 3.23. The van der Waals surface area contributed by atoms with Crippen molar-refractivity contribution in [3.63, 3.8) is 0 Å². The lowest BCUT2D eigenvalue weighted by molar-refractivity contribution is -0.0223. The van der Waals surface area contributed by atoms with Gasteiger partial charge in [0.2, 0.25) is 0 Å². The molecule has 0 bridgehead atoms. The van der Waals surface area contributed by atoms with Gasteiger partial charge in [0.25, 0.3) is 0 Å². The van der Waals surface area contributed by atoms with Crippen LogP contribution in [0.15, 0.2) is 0 Å². The van der Waals surface area contributed by atoms with E-state index in [0.29, 0.717) is 6.61 Å². The van der Waals surface area contributed by atoms with Gasteiger partial charge in [0.05, 0.1) is 25.4 Å². The molecular weight excluding hydrogens is 168 g/mol. The monoisotopic (exact) mass is 188 g/mol. The lowest BCUT2D eigenvalue weighted by Crippen LogP contribution is -2.62. The zero-order chi connectivity index (χ0) is 9.73. The van der Waals surface area contributed by atoms with Gasteiger partial charge in [-0.25, -0.2) is 0 Å². The van der Waals surface area contributed by atoms with Gasteiger partial charge in [-0.1, -0.05) is 0 Å². The van der Waals surface area contributed by atoms with Crippen molar-refractivity contribution in [2.45, 2.75) is 5.54 Å². The summed E-state index contributed by atoms with van der Waals surface area (Å²) in [4.78, 5) is 2.15. The number of likely N-dealkylation sites (N-methyl/N-ethyl adjacent to an activating group) is 1. The van der Waals surface area contributed by atoms with Gasteiger partial charge in [0, 0.05) is 20.2 Å². The van der Waals surface area contributed by atoms with Gasteiger partial charge in [-0.3, -0.25) is 0 Å². The zero-order valence-electron chi connectivity index (χ0n) is 8.80. The van der Waals surface area contributed by atoms with Gasteiger partial charge < -0.3 is 19.7 Å². The molecule has 0 spiro atoms. The van der Waals surface area contributed by atoms with Gasteiger partial charge in [0.1, 0.15) is 0 Å². The number of hydrogen-bond donors (Lipinski definition) is 1. The van der Waals surface area contributed by atoms with Crippen LogP contribution in [0.2, 0.25) is 0 Å². The van der Waals surface area contributed by atoms with Crippen LogP contribution in [0.3, 0.4) is 0 Å². The quantitative estimate of drug-likeness (QED) is 0.648. The highest BCUT2D eigenvalue weighted by Crippen LogP contribution is 2.11. The van der Waals surface area contributed by atoms with Crippen LogP contribution in [0.1, 0.15) is 0 Å². The predicted octanol–water partition coefficient (Wildman–Crippen LogP) is -0.447. The molecule has 1 rings (SSSR count). The first-order chi connectivity index (χ1) is 6.18. The first-order valence-electron chi connectivity index (χ1n) is 4.65. The molecule has 0 aromatic carbocycles. The summed E-state index contributed by atoms with van der Waals surface area (Å²) >= 11 is 0. The fourth-order valence-electron chi connectivity index (χ4n) is 1.83. The van der Waals surface area contributed by atoms with Gasteiger partial charge in [0.15, 0.2) is 0 Å². The summed E-state index contributed by atoms with van der Waals surface area (Å²) in [6.45, 7) is 4.10. The molecular formula is C9H20N2O2. The number of nitrogens with zero attached hydrogens (tertiary/aromatic N) is 1. The second kappa shape index (κ2) is 4.91. The number of nitrogens with one attached hydrogen (secondary N) is 1. The fraction of sp³-hybridized carbons (Fsp3) is 1.00. The maximum absolute atomic E-state index is 5.47. The van der Waals surface area contributed by atoms with E-state index in [1.165, 1.54) is 0 Å². The zero-order valence-corrected chi connectivity index (χ0v) is 8.80. The topological polar surface area (TPSA) is 33.7 Å². The van der Waals surface area contributed by atoms with Gasteiger partial charge in [-0.2, -0.15) is 0 Å². The lowest BCUT2D eigenvalue weighted by atomic mass is 10.0. The third-order valence-electron chi connectivity index (χ3n) is 2.16. The van der Waals surface area contributed by atoms with E-state index in [-0.39, 0.29) is 5.54 Å². The number of hydrogen-bond acceptors (Lipinski definition) is 4. The molecule has 1 atom stereocenters. The van der Waals surface area contributed by atoms with E-state index in [2.05, 4.69) is 24.3 Å². The Kier molecular flexibility index (Phi) is 4.12. The molecule has 0 aromatic heterocycles. The fourth-order valence-corrected chi connectivity index (χ4v) is 1.83. The highest BCUT2D eigenvalue weighted by molar-refractivity contribution is 4.92. The van der Waals surface area contributed by atoms with E-state index >= 15 is 0 Å². The molecule has 1 aliphatic rings. The molecule has 1 aliphatic heterocycles. The van der Waals surface area contributed by atoms with E-state index in [1.807, 2.05) is 0 Å². The number of methoxy groups -OCH3 is 1. The summed E-state index contributed by atoms with van der Waals surface area (Å²) in [5.74, 6) is 0. The van der Waals surface area contributed by atoms with E-state index in [0.717, 1.165) is 26.3 Å². The maximum Gasteiger partial charge on any atom is 0.0782 e. The van der Waals surface area contributed by atoms with Crippen molar-refractivity contribution >= 4 is 0 Å². The van der Waals surface area contributed by atoms with Crippen LogP contribution in [0.5, 0.6) is 0 Å². The molecule has 4 heteroatoms. The predicted molar refractivity (Wildman–Crippen MR) is 52.0 cm³/mol. The molecule has 0 saturated carbocycles. The third-order valence-corrected chi connectivity index (χ3v) is 2.16. The summed E-state index contributed by atoms with van der Waals surface area (Å²) in [6, 6.07) is 0. The molecule has 1 N–H and O–H groups in total. The van der Waals surface area contributed by atoms with Gasteiger partial charge in [-0.05, 0) is 14.1 Å². The van der Waals surface area contributed by atoms with E-state index in [4.69, 9.17) is 9.47 Å². The van der Waals surface area contributed by atoms with Gasteiger partial charge >= 0.3 is 0 Å². The first kappa shape index (κ1) is 10.9. The van der Waals surface area contributed by atoms with Crippen molar-refractivity contribution < 1.29 is 9.47 Å². The molecule has 0 unspecified atom stereocenters. The molecule has 1 fully saturated rings. The largest absolute Gasteiger partial charge is 0.383 e. The van der Waals surface area contributed by atoms with E-state index in [1.54, 1.807) is 7.11 Å². The molecule has 0 aromatic rings. The molecule has 0 amide bonds. The number of rotatable bonds is 4. The molecule has 4 nitrogen and oxygen atoms in total. The molecule has 13 heavy (non-hydrogen) atoms. The Morgan fingerprint density at radius 2 is 2.31 bits per heavy atom. The summed E-state index contributed by atoms with van der Waals surface area (Å²) in [7, 11) is 5.86. The minimum absolute atomic E-state index is 0.0174. The van der Waals surface area contributed by atoms with Crippen LogP contribution in [0.4, 0.5) is 0 Å². The van der Waals surface area contributed by atoms with Crippen molar-refractivity contribution in [3.8, 4) is 0 Å². The molecule has 1 saturated heterocycles. The Balaban J connectivity index is 2.50. The van der Waals surface area contributed by atoms with Crippen LogP contribution < -0.4 is 5.32 Å². The standard InChI is InChI=1S/C9H20N2O2/c1-11(2)6-9(7-12-3)8-13-5-4-10-9/h10H,4-8H2,1-3H3/t9-/m0/s1. The lowest BCUT2D eigenvalue weighted by Gasteiger charge is -2.39. The average Bonchev–Trinajstić information content (AvgIpc) is 2.04. The number of morpholine rings is 1. The minimum atomic E-state index is -0.0174. The maximum atomic E-state index is 5.47. The second-order valence-corrected chi connectivity index (χ2v) is 3.93. The van der Waals surface area contributed by atoms with Crippen LogP contribution in [-0.2, 0) is 9.47 Å². The molecule has 1 heterocycles. The SMILES string of the molecule is COC[C@@]1(CN(C)C)COCCN1. The average molecular weight is 188 g/mol. The highest BCUT2D eigenvalue weighted by atomic mass is 16.5. The normalized spacial score (nSPS) is 29.5. The summed E-state index contributed by atoms with van der Waals surface area (Å²) in [5, 5.41) is 3.47. The van der Waals surface area contributed by atoms with Crippen molar-refractivity contribution in [2.24, 2.45) is 0 Å². The Morgan fingerprint density at radius 1 is 1.54 bits per heavy atom. The van der Waals surface area contributed by atoms with Crippen molar-refractivity contribution in [3.05, 3.63) is 0 Å². The van der Waals surface area contributed by atoms with Crippen molar-refractivity contribution in [1.82, 2.24) is 10.2 Å².